The summed E-state index contributed by atoms with van der Waals surface area (Å²) in [5.41, 5.74) is 9.09. The molecule has 7 nitrogen and oxygen atoms in total. The van der Waals surface area contributed by atoms with Gasteiger partial charge in [0.05, 0.1) is 28.6 Å². The summed E-state index contributed by atoms with van der Waals surface area (Å²) in [5.74, 6) is 0.769. The lowest BCUT2D eigenvalue weighted by atomic mass is 9.97. The molecule has 32 heavy (non-hydrogen) atoms. The summed E-state index contributed by atoms with van der Waals surface area (Å²) in [6, 6.07) is 14.4. The van der Waals surface area contributed by atoms with E-state index >= 15 is 0 Å². The highest BCUT2D eigenvalue weighted by Gasteiger charge is 2.17. The molecule has 0 saturated heterocycles. The van der Waals surface area contributed by atoms with E-state index in [2.05, 4.69) is 40.1 Å². The van der Waals surface area contributed by atoms with Gasteiger partial charge in [-0.15, -0.1) is 0 Å². The molecule has 0 spiro atoms. The molecule has 156 valence electrons. The van der Waals surface area contributed by atoms with Crippen LogP contribution < -0.4 is 0 Å². The molecule has 0 aliphatic rings. The topological polar surface area (TPSA) is 77.2 Å². The Hall–Kier alpha value is -4.26. The third-order valence-corrected chi connectivity index (χ3v) is 5.97. The van der Waals surface area contributed by atoms with Gasteiger partial charge >= 0.3 is 0 Å². The van der Waals surface area contributed by atoms with Crippen LogP contribution in [0.3, 0.4) is 0 Å². The number of rotatable bonds is 3. The fraction of sp³-hybridized carbons (Fsp3) is 0.120. The number of fused-ring (bicyclic) bond motifs is 2. The maximum Gasteiger partial charge on any atom is 0.159 e. The Kier molecular flexibility index (Phi) is 3.98. The molecule has 2 aromatic carbocycles. The minimum atomic E-state index is 0.769. The molecule has 0 amide bonds. The molecule has 4 heterocycles. The summed E-state index contributed by atoms with van der Waals surface area (Å²) < 4.78 is 3.85. The average Bonchev–Trinajstić information content (AvgIpc) is 3.50. The number of hydrogen-bond donors (Lipinski definition) is 1. The van der Waals surface area contributed by atoms with Crippen molar-refractivity contribution in [2.45, 2.75) is 6.92 Å². The highest BCUT2D eigenvalue weighted by Crippen LogP contribution is 2.34. The normalized spacial score (nSPS) is 11.6. The standard InChI is InChI=1S/C25H21N7/c1-15-18(11-26-12-19(15)22-13-31(2)14-27-22)16-8-9-23-17(10-16)24(30-32(23)3)25-28-20-6-4-5-7-21(20)29-25/h4-14H,1-3H3,(H,28,29). The molecule has 4 aromatic heterocycles. The van der Waals surface area contributed by atoms with Crippen molar-refractivity contribution in [1.82, 2.24) is 34.3 Å². The Labute approximate surface area is 184 Å². The van der Waals surface area contributed by atoms with Gasteiger partial charge in [0.2, 0.25) is 0 Å². The second kappa shape index (κ2) is 6.88. The molecule has 0 bridgehead atoms. The van der Waals surface area contributed by atoms with Crippen molar-refractivity contribution in [3.8, 4) is 33.9 Å². The maximum atomic E-state index is 4.77. The third-order valence-electron chi connectivity index (χ3n) is 5.97. The zero-order valence-corrected chi connectivity index (χ0v) is 18.0. The van der Waals surface area contributed by atoms with Crippen molar-refractivity contribution in [2.75, 3.05) is 0 Å². The number of nitrogens with one attached hydrogen (secondary N) is 1. The van der Waals surface area contributed by atoms with Crippen LogP contribution in [0, 0.1) is 6.92 Å². The number of H-pyrrole nitrogens is 1. The minimum Gasteiger partial charge on any atom is -0.340 e. The van der Waals surface area contributed by atoms with Gasteiger partial charge in [-0.2, -0.15) is 5.10 Å². The average molecular weight is 419 g/mol. The van der Waals surface area contributed by atoms with Crippen LogP contribution in [0.25, 0.3) is 55.8 Å². The second-order valence-corrected chi connectivity index (χ2v) is 8.09. The predicted octanol–water partition coefficient (Wildman–Crippen LogP) is 4.89. The first kappa shape index (κ1) is 18.5. The number of nitrogens with zero attached hydrogens (tertiary/aromatic N) is 6. The van der Waals surface area contributed by atoms with Gasteiger partial charge in [0.15, 0.2) is 5.82 Å². The highest BCUT2D eigenvalue weighted by molar-refractivity contribution is 5.96. The molecule has 0 atom stereocenters. The number of para-hydroxylation sites is 2. The van der Waals surface area contributed by atoms with Gasteiger partial charge in [-0.1, -0.05) is 18.2 Å². The summed E-state index contributed by atoms with van der Waals surface area (Å²) in [4.78, 5) is 17.2. The predicted molar refractivity (Wildman–Crippen MR) is 126 cm³/mol. The van der Waals surface area contributed by atoms with Gasteiger partial charge < -0.3 is 9.55 Å². The molecule has 0 fully saturated rings. The van der Waals surface area contributed by atoms with Crippen LogP contribution >= 0.6 is 0 Å². The first-order valence-corrected chi connectivity index (χ1v) is 10.4. The van der Waals surface area contributed by atoms with E-state index < -0.39 is 0 Å². The molecule has 7 heteroatoms. The summed E-state index contributed by atoms with van der Waals surface area (Å²) in [6.07, 6.45) is 7.62. The lowest BCUT2D eigenvalue weighted by molar-refractivity contribution is 0.798. The number of benzene rings is 2. The summed E-state index contributed by atoms with van der Waals surface area (Å²) >= 11 is 0. The lowest BCUT2D eigenvalue weighted by Gasteiger charge is -2.10. The fourth-order valence-electron chi connectivity index (χ4n) is 4.30. The monoisotopic (exact) mass is 419 g/mol. The number of pyridine rings is 1. The van der Waals surface area contributed by atoms with E-state index in [4.69, 9.17) is 10.1 Å². The van der Waals surface area contributed by atoms with Crippen LogP contribution in [-0.4, -0.2) is 34.3 Å². The van der Waals surface area contributed by atoms with Crippen LogP contribution in [0.2, 0.25) is 0 Å². The Morgan fingerprint density at radius 2 is 1.81 bits per heavy atom. The Morgan fingerprint density at radius 1 is 0.969 bits per heavy atom. The molecule has 6 rings (SSSR count). The molecule has 0 aliphatic heterocycles. The number of aromatic nitrogens is 7. The molecule has 0 saturated carbocycles. The first-order valence-electron chi connectivity index (χ1n) is 10.4. The molecule has 0 radical (unpaired) electrons. The number of aromatic amines is 1. The van der Waals surface area contributed by atoms with Gasteiger partial charge in [-0.05, 0) is 42.3 Å². The fourth-order valence-corrected chi connectivity index (χ4v) is 4.30. The maximum absolute atomic E-state index is 4.77. The van der Waals surface area contributed by atoms with Gasteiger partial charge in [0, 0.05) is 49.2 Å². The van der Waals surface area contributed by atoms with Gasteiger partial charge in [-0.3, -0.25) is 9.67 Å². The second-order valence-electron chi connectivity index (χ2n) is 8.09. The third kappa shape index (κ3) is 2.82. The van der Waals surface area contributed by atoms with Crippen molar-refractivity contribution < 1.29 is 0 Å². The Morgan fingerprint density at radius 3 is 2.62 bits per heavy atom. The number of hydrogen-bond acceptors (Lipinski definition) is 4. The number of aryl methyl sites for hydroxylation is 2. The first-order chi connectivity index (χ1) is 15.6. The van der Waals surface area contributed by atoms with Crippen molar-refractivity contribution >= 4 is 21.9 Å². The van der Waals surface area contributed by atoms with E-state index in [1.807, 2.05) is 72.5 Å². The van der Waals surface area contributed by atoms with Crippen LogP contribution in [0.5, 0.6) is 0 Å². The van der Waals surface area contributed by atoms with E-state index in [0.717, 1.165) is 61.4 Å². The Bertz CT molecular complexity index is 1580. The van der Waals surface area contributed by atoms with Crippen molar-refractivity contribution in [1.29, 1.82) is 0 Å². The zero-order chi connectivity index (χ0) is 21.8. The largest absolute Gasteiger partial charge is 0.340 e. The molecule has 1 N–H and O–H groups in total. The summed E-state index contributed by atoms with van der Waals surface area (Å²) in [6.45, 7) is 2.12. The van der Waals surface area contributed by atoms with Crippen molar-refractivity contribution in [3.05, 3.63) is 72.9 Å². The van der Waals surface area contributed by atoms with Crippen LogP contribution in [-0.2, 0) is 14.1 Å². The van der Waals surface area contributed by atoms with E-state index in [1.165, 1.54) is 0 Å². The van der Waals surface area contributed by atoms with E-state index in [9.17, 15) is 0 Å². The number of imidazole rings is 2. The molecule has 0 unspecified atom stereocenters. The van der Waals surface area contributed by atoms with Gasteiger partial charge in [0.1, 0.15) is 5.69 Å². The van der Waals surface area contributed by atoms with E-state index in [1.54, 1.807) is 0 Å². The molecular formula is C25H21N7. The Balaban J connectivity index is 1.53. The summed E-state index contributed by atoms with van der Waals surface area (Å²) in [5, 5.41) is 5.82. The van der Waals surface area contributed by atoms with Crippen molar-refractivity contribution in [3.63, 3.8) is 0 Å². The highest BCUT2D eigenvalue weighted by atomic mass is 15.3. The molecule has 6 aromatic rings. The lowest BCUT2D eigenvalue weighted by Crippen LogP contribution is -1.92. The van der Waals surface area contributed by atoms with Crippen LogP contribution in [0.4, 0.5) is 0 Å². The van der Waals surface area contributed by atoms with Gasteiger partial charge in [-0.25, -0.2) is 9.97 Å². The quantitative estimate of drug-likeness (QED) is 0.443. The SMILES string of the molecule is Cc1c(-c2ccc3c(c2)c(-c2nc4ccccc4[nH]2)nn3C)cncc1-c1cn(C)cn1. The minimum absolute atomic E-state index is 0.769. The van der Waals surface area contributed by atoms with Gasteiger partial charge in [0.25, 0.3) is 0 Å². The van der Waals surface area contributed by atoms with Crippen LogP contribution in [0.1, 0.15) is 5.56 Å². The molecular weight excluding hydrogens is 398 g/mol. The van der Waals surface area contributed by atoms with E-state index in [-0.39, 0.29) is 0 Å². The summed E-state index contributed by atoms with van der Waals surface area (Å²) in [7, 11) is 3.93. The zero-order valence-electron chi connectivity index (χ0n) is 18.0. The molecule has 0 aliphatic carbocycles. The smallest absolute Gasteiger partial charge is 0.159 e. The van der Waals surface area contributed by atoms with E-state index in [0.29, 0.717) is 0 Å². The van der Waals surface area contributed by atoms with Crippen molar-refractivity contribution in [2.24, 2.45) is 14.1 Å². The van der Waals surface area contributed by atoms with Crippen LogP contribution in [0.15, 0.2) is 67.4 Å².